The fraction of sp³-hybridized carbons (Fsp3) is 0.222. The van der Waals surface area contributed by atoms with Gasteiger partial charge in [-0.15, -0.1) is 0 Å². The fourth-order valence-electron chi connectivity index (χ4n) is 1.28. The van der Waals surface area contributed by atoms with Gasteiger partial charge in [-0.05, 0) is 12.1 Å². The molecule has 0 saturated carbocycles. The third-order valence-electron chi connectivity index (χ3n) is 2.04. The molecule has 5 heteroatoms. The van der Waals surface area contributed by atoms with Gasteiger partial charge in [-0.1, -0.05) is 0 Å². The number of carbonyl (C=O) groups is 1. The summed E-state index contributed by atoms with van der Waals surface area (Å²) in [7, 11) is 3.38. The molecule has 2 aromatic heterocycles. The molecule has 0 atom stereocenters. The zero-order valence-corrected chi connectivity index (χ0v) is 7.98. The molecule has 5 nitrogen and oxygen atoms in total. The summed E-state index contributed by atoms with van der Waals surface area (Å²) in [5, 5.41) is 7.50. The summed E-state index contributed by atoms with van der Waals surface area (Å²) in [6.07, 6.45) is 1.72. The topological polar surface area (TPSA) is 59.8 Å². The highest BCUT2D eigenvalue weighted by Crippen LogP contribution is 2.10. The van der Waals surface area contributed by atoms with Gasteiger partial charge in [0.15, 0.2) is 5.65 Å². The molecule has 0 bridgehead atoms. The fourth-order valence-corrected chi connectivity index (χ4v) is 1.28. The van der Waals surface area contributed by atoms with E-state index in [1.54, 1.807) is 31.0 Å². The molecule has 2 rings (SSSR count). The van der Waals surface area contributed by atoms with Crippen LogP contribution in [0.15, 0.2) is 18.3 Å². The van der Waals surface area contributed by atoms with E-state index in [0.717, 1.165) is 5.39 Å². The number of pyridine rings is 1. The summed E-state index contributed by atoms with van der Waals surface area (Å²) in [5.41, 5.74) is 1.12. The molecule has 14 heavy (non-hydrogen) atoms. The summed E-state index contributed by atoms with van der Waals surface area (Å²) >= 11 is 0. The van der Waals surface area contributed by atoms with Crippen LogP contribution in [0.2, 0.25) is 0 Å². The molecule has 0 aliphatic heterocycles. The van der Waals surface area contributed by atoms with Crippen molar-refractivity contribution < 1.29 is 4.79 Å². The van der Waals surface area contributed by atoms with Crippen molar-refractivity contribution in [3.63, 3.8) is 0 Å². The van der Waals surface area contributed by atoms with Crippen LogP contribution >= 0.6 is 0 Å². The Morgan fingerprint density at radius 1 is 1.50 bits per heavy atom. The Morgan fingerprint density at radius 2 is 2.29 bits per heavy atom. The lowest BCUT2D eigenvalue weighted by molar-refractivity contribution is 0.0958. The molecule has 0 saturated heterocycles. The van der Waals surface area contributed by atoms with Gasteiger partial charge in [-0.2, -0.15) is 5.10 Å². The average molecular weight is 190 g/mol. The number of nitrogens with zero attached hydrogens (tertiary/aromatic N) is 3. The van der Waals surface area contributed by atoms with Crippen molar-refractivity contribution in [2.24, 2.45) is 7.05 Å². The molecule has 0 aliphatic carbocycles. The number of hydrogen-bond donors (Lipinski definition) is 1. The average Bonchev–Trinajstić information content (AvgIpc) is 2.59. The normalized spacial score (nSPS) is 10.4. The van der Waals surface area contributed by atoms with E-state index < -0.39 is 0 Å². The quantitative estimate of drug-likeness (QED) is 0.704. The van der Waals surface area contributed by atoms with Gasteiger partial charge in [0.05, 0.1) is 6.20 Å². The second kappa shape index (κ2) is 3.10. The van der Waals surface area contributed by atoms with Crippen molar-refractivity contribution in [2.75, 3.05) is 7.05 Å². The van der Waals surface area contributed by atoms with Gasteiger partial charge in [0.1, 0.15) is 5.69 Å². The molecular formula is C9H10N4O. The van der Waals surface area contributed by atoms with Crippen molar-refractivity contribution in [1.82, 2.24) is 20.1 Å². The standard InChI is InChI=1S/C9H10N4O/c1-10-9(14)7-4-3-6-5-11-13(2)8(6)12-7/h3-5H,1-2H3,(H,10,14). The number of fused-ring (bicyclic) bond motifs is 1. The van der Waals surface area contributed by atoms with Crippen LogP contribution in [0.3, 0.4) is 0 Å². The van der Waals surface area contributed by atoms with Crippen LogP contribution in [0, 0.1) is 0 Å². The number of nitrogens with one attached hydrogen (secondary N) is 1. The molecule has 0 fully saturated rings. The lowest BCUT2D eigenvalue weighted by Gasteiger charge is -1.99. The van der Waals surface area contributed by atoms with Crippen LogP contribution in [0.1, 0.15) is 10.5 Å². The largest absolute Gasteiger partial charge is 0.354 e. The van der Waals surface area contributed by atoms with Crippen LogP contribution in [0.25, 0.3) is 11.0 Å². The molecule has 0 radical (unpaired) electrons. The lowest BCUT2D eigenvalue weighted by atomic mass is 10.3. The Bertz CT molecular complexity index is 489. The van der Waals surface area contributed by atoms with Gasteiger partial charge in [0.25, 0.3) is 5.91 Å². The summed E-state index contributed by atoms with van der Waals surface area (Å²) < 4.78 is 1.64. The highest BCUT2D eigenvalue weighted by molar-refractivity contribution is 5.94. The first kappa shape index (κ1) is 8.68. The van der Waals surface area contributed by atoms with Gasteiger partial charge in [0.2, 0.25) is 0 Å². The van der Waals surface area contributed by atoms with E-state index in [1.807, 2.05) is 6.07 Å². The summed E-state index contributed by atoms with van der Waals surface area (Å²) in [5.74, 6) is -0.187. The van der Waals surface area contributed by atoms with Crippen molar-refractivity contribution >= 4 is 16.9 Å². The molecule has 0 aliphatic rings. The summed E-state index contributed by atoms with van der Waals surface area (Å²) in [4.78, 5) is 15.5. The SMILES string of the molecule is CNC(=O)c1ccc2cnn(C)c2n1. The maximum Gasteiger partial charge on any atom is 0.269 e. The lowest BCUT2D eigenvalue weighted by Crippen LogP contribution is -2.19. The predicted octanol–water partition coefficient (Wildman–Crippen LogP) is 0.328. The second-order valence-corrected chi connectivity index (χ2v) is 2.96. The first-order valence-corrected chi connectivity index (χ1v) is 4.23. The Kier molecular flexibility index (Phi) is 1.92. The van der Waals surface area contributed by atoms with Gasteiger partial charge < -0.3 is 5.32 Å². The number of aryl methyl sites for hydroxylation is 1. The predicted molar refractivity (Wildman–Crippen MR) is 51.9 cm³/mol. The smallest absolute Gasteiger partial charge is 0.269 e. The summed E-state index contributed by atoms with van der Waals surface area (Å²) in [6, 6.07) is 3.52. The van der Waals surface area contributed by atoms with Gasteiger partial charge in [-0.3, -0.25) is 9.48 Å². The molecule has 2 aromatic rings. The van der Waals surface area contributed by atoms with Crippen LogP contribution in [0.5, 0.6) is 0 Å². The Labute approximate surface area is 80.7 Å². The highest BCUT2D eigenvalue weighted by Gasteiger charge is 2.07. The van der Waals surface area contributed by atoms with E-state index in [4.69, 9.17) is 0 Å². The summed E-state index contributed by atoms with van der Waals surface area (Å²) in [6.45, 7) is 0. The first-order valence-electron chi connectivity index (χ1n) is 4.23. The molecule has 2 heterocycles. The van der Waals surface area contributed by atoms with Crippen LogP contribution in [0.4, 0.5) is 0 Å². The van der Waals surface area contributed by atoms with E-state index >= 15 is 0 Å². The second-order valence-electron chi connectivity index (χ2n) is 2.96. The zero-order valence-electron chi connectivity index (χ0n) is 7.98. The van der Waals surface area contributed by atoms with Crippen molar-refractivity contribution in [3.8, 4) is 0 Å². The Hall–Kier alpha value is -1.91. The van der Waals surface area contributed by atoms with Crippen LogP contribution < -0.4 is 5.32 Å². The van der Waals surface area contributed by atoms with E-state index in [9.17, 15) is 4.79 Å². The van der Waals surface area contributed by atoms with E-state index in [1.165, 1.54) is 0 Å². The maximum absolute atomic E-state index is 11.3. The van der Waals surface area contributed by atoms with Crippen LogP contribution in [-0.4, -0.2) is 27.7 Å². The minimum atomic E-state index is -0.187. The molecule has 0 aromatic carbocycles. The zero-order chi connectivity index (χ0) is 10.1. The number of hydrogen-bond acceptors (Lipinski definition) is 3. The number of amides is 1. The van der Waals surface area contributed by atoms with Crippen molar-refractivity contribution in [1.29, 1.82) is 0 Å². The third kappa shape index (κ3) is 1.22. The minimum Gasteiger partial charge on any atom is -0.354 e. The molecule has 0 unspecified atom stereocenters. The highest BCUT2D eigenvalue weighted by atomic mass is 16.1. The van der Waals surface area contributed by atoms with E-state index in [0.29, 0.717) is 11.3 Å². The van der Waals surface area contributed by atoms with E-state index in [2.05, 4.69) is 15.4 Å². The molecular weight excluding hydrogens is 180 g/mol. The Balaban J connectivity index is 2.60. The minimum absolute atomic E-state index is 0.187. The third-order valence-corrected chi connectivity index (χ3v) is 2.04. The number of aromatic nitrogens is 3. The molecule has 0 spiro atoms. The molecule has 72 valence electrons. The van der Waals surface area contributed by atoms with Gasteiger partial charge in [-0.25, -0.2) is 4.98 Å². The van der Waals surface area contributed by atoms with Crippen molar-refractivity contribution in [2.45, 2.75) is 0 Å². The number of rotatable bonds is 1. The molecule has 1 N–H and O–H groups in total. The Morgan fingerprint density at radius 3 is 3.00 bits per heavy atom. The van der Waals surface area contributed by atoms with Gasteiger partial charge >= 0.3 is 0 Å². The van der Waals surface area contributed by atoms with E-state index in [-0.39, 0.29) is 5.91 Å². The molecule has 1 amide bonds. The maximum atomic E-state index is 11.3. The van der Waals surface area contributed by atoms with Crippen LogP contribution in [-0.2, 0) is 7.05 Å². The number of carbonyl (C=O) groups excluding carboxylic acids is 1. The van der Waals surface area contributed by atoms with Gasteiger partial charge in [0, 0.05) is 19.5 Å². The van der Waals surface area contributed by atoms with Crippen molar-refractivity contribution in [3.05, 3.63) is 24.0 Å². The monoisotopic (exact) mass is 190 g/mol. The first-order chi connectivity index (χ1) is 6.72.